The van der Waals surface area contributed by atoms with Gasteiger partial charge in [0, 0.05) is 33.5 Å². The number of carbonyl (C=O) groups is 1. The second kappa shape index (κ2) is 6.14. The van der Waals surface area contributed by atoms with Crippen LogP contribution in [0.15, 0.2) is 48.5 Å². The van der Waals surface area contributed by atoms with E-state index in [1.807, 2.05) is 18.2 Å². The van der Waals surface area contributed by atoms with Crippen LogP contribution >= 0.6 is 11.6 Å². The largest absolute Gasteiger partial charge is 0.379 e. The number of fused-ring (bicyclic) bond motifs is 1. The number of nitriles is 1. The van der Waals surface area contributed by atoms with Crippen LogP contribution in [-0.4, -0.2) is 11.3 Å². The third-order valence-corrected chi connectivity index (χ3v) is 4.28. The van der Waals surface area contributed by atoms with Gasteiger partial charge in [-0.3, -0.25) is 4.79 Å². The van der Waals surface area contributed by atoms with Gasteiger partial charge in [-0.2, -0.15) is 5.26 Å². The summed E-state index contributed by atoms with van der Waals surface area (Å²) < 4.78 is 0. The highest BCUT2D eigenvalue weighted by Gasteiger charge is 2.28. The van der Waals surface area contributed by atoms with Crippen molar-refractivity contribution in [3.05, 3.63) is 75.8 Å². The van der Waals surface area contributed by atoms with Crippen molar-refractivity contribution in [1.29, 1.82) is 5.26 Å². The van der Waals surface area contributed by atoms with E-state index >= 15 is 0 Å². The molecule has 0 saturated heterocycles. The summed E-state index contributed by atoms with van der Waals surface area (Å²) in [5.74, 6) is -0.106. The lowest BCUT2D eigenvalue weighted by Gasteiger charge is -2.35. The van der Waals surface area contributed by atoms with Crippen LogP contribution in [0.4, 0.5) is 0 Å². The molecule has 2 aromatic carbocycles. The summed E-state index contributed by atoms with van der Waals surface area (Å²) >= 11 is 6.13. The Hall–Kier alpha value is -2.57. The van der Waals surface area contributed by atoms with Crippen LogP contribution in [-0.2, 0) is 6.42 Å². The molecule has 0 aromatic heterocycles. The minimum atomic E-state index is -0.141. The second-order valence-corrected chi connectivity index (χ2v) is 7.03. The van der Waals surface area contributed by atoms with Crippen molar-refractivity contribution in [2.24, 2.45) is 0 Å². The van der Waals surface area contributed by atoms with Gasteiger partial charge in [-0.05, 0) is 62.2 Å². The first-order valence-electron chi connectivity index (χ1n) is 7.71. The van der Waals surface area contributed by atoms with E-state index in [0.717, 1.165) is 17.7 Å². The molecule has 0 unspecified atom stereocenters. The van der Waals surface area contributed by atoms with Crippen LogP contribution in [0, 0.1) is 11.3 Å². The molecule has 4 heteroatoms. The number of nitrogens with one attached hydrogen (secondary N) is 1. The van der Waals surface area contributed by atoms with Gasteiger partial charge in [0.2, 0.25) is 0 Å². The highest BCUT2D eigenvalue weighted by molar-refractivity contribution is 6.30. The third kappa shape index (κ3) is 3.34. The van der Waals surface area contributed by atoms with Crippen molar-refractivity contribution in [2.45, 2.75) is 25.8 Å². The zero-order valence-electron chi connectivity index (χ0n) is 13.6. The quantitative estimate of drug-likeness (QED) is 0.655. The maximum Gasteiger partial charge on any atom is 0.187 e. The van der Waals surface area contributed by atoms with E-state index in [2.05, 4.69) is 25.2 Å². The predicted molar refractivity (Wildman–Crippen MR) is 95.8 cm³/mol. The summed E-state index contributed by atoms with van der Waals surface area (Å²) in [6.07, 6.45) is 2.47. The predicted octanol–water partition coefficient (Wildman–Crippen LogP) is 4.36. The summed E-state index contributed by atoms with van der Waals surface area (Å²) in [5, 5.41) is 12.9. The molecule has 120 valence electrons. The van der Waals surface area contributed by atoms with E-state index < -0.39 is 0 Å². The van der Waals surface area contributed by atoms with E-state index in [1.165, 1.54) is 5.56 Å². The molecule has 0 spiro atoms. The normalized spacial score (nSPS) is 16.8. The van der Waals surface area contributed by atoms with Crippen molar-refractivity contribution >= 4 is 23.1 Å². The fourth-order valence-corrected chi connectivity index (χ4v) is 3.12. The van der Waals surface area contributed by atoms with E-state index in [0.29, 0.717) is 16.1 Å². The van der Waals surface area contributed by atoms with Crippen molar-refractivity contribution in [1.82, 2.24) is 5.32 Å². The number of rotatable bonds is 2. The molecule has 0 saturated carbocycles. The molecule has 1 aliphatic heterocycles. The Morgan fingerprint density at radius 1 is 1.25 bits per heavy atom. The Labute approximate surface area is 146 Å². The van der Waals surface area contributed by atoms with Gasteiger partial charge in [-0.15, -0.1) is 0 Å². The van der Waals surface area contributed by atoms with Crippen LogP contribution in [0.25, 0.3) is 5.70 Å². The van der Waals surface area contributed by atoms with E-state index in [-0.39, 0.29) is 11.3 Å². The molecule has 0 atom stereocenters. The summed E-state index contributed by atoms with van der Waals surface area (Å²) in [6.45, 7) is 4.20. The van der Waals surface area contributed by atoms with Crippen LogP contribution in [0.2, 0.25) is 5.02 Å². The number of benzene rings is 2. The van der Waals surface area contributed by atoms with E-state index in [4.69, 9.17) is 16.9 Å². The first kappa shape index (κ1) is 16.3. The number of carbonyl (C=O) groups excluding carboxylic acids is 1. The second-order valence-electron chi connectivity index (χ2n) is 6.60. The molecule has 0 bridgehead atoms. The smallest absolute Gasteiger partial charge is 0.187 e. The van der Waals surface area contributed by atoms with Gasteiger partial charge in [0.05, 0.1) is 11.6 Å². The summed E-state index contributed by atoms with van der Waals surface area (Å²) in [7, 11) is 0. The molecule has 0 amide bonds. The van der Waals surface area contributed by atoms with Crippen LogP contribution in [0.1, 0.15) is 40.9 Å². The van der Waals surface area contributed by atoms with Crippen molar-refractivity contribution in [3.63, 3.8) is 0 Å². The van der Waals surface area contributed by atoms with Gasteiger partial charge < -0.3 is 5.32 Å². The van der Waals surface area contributed by atoms with E-state index in [9.17, 15) is 4.79 Å². The Balaban J connectivity index is 2.00. The zero-order valence-corrected chi connectivity index (χ0v) is 14.3. The summed E-state index contributed by atoms with van der Waals surface area (Å²) in [5.41, 5.74) is 3.85. The first-order chi connectivity index (χ1) is 11.4. The Morgan fingerprint density at radius 3 is 2.62 bits per heavy atom. The molecule has 24 heavy (non-hydrogen) atoms. The van der Waals surface area contributed by atoms with Gasteiger partial charge in [-0.1, -0.05) is 17.7 Å². The number of allylic oxidation sites excluding steroid dienone is 1. The number of hydrogen-bond donors (Lipinski definition) is 1. The van der Waals surface area contributed by atoms with Crippen LogP contribution < -0.4 is 5.32 Å². The lowest BCUT2D eigenvalue weighted by Crippen LogP contribution is -2.43. The molecular formula is C20H17ClN2O. The van der Waals surface area contributed by atoms with E-state index in [1.54, 1.807) is 30.3 Å². The SMILES string of the molecule is CC1(C)Cc2ccc(Cl)cc2C(=CC(=O)c2ccc(C#N)cc2)N1. The highest BCUT2D eigenvalue weighted by Crippen LogP contribution is 2.31. The van der Waals surface area contributed by atoms with Gasteiger partial charge in [-0.25, -0.2) is 0 Å². The Kier molecular flexibility index (Phi) is 4.17. The average molecular weight is 337 g/mol. The van der Waals surface area contributed by atoms with Crippen LogP contribution in [0.3, 0.4) is 0 Å². The molecule has 3 nitrogen and oxygen atoms in total. The Morgan fingerprint density at radius 2 is 1.96 bits per heavy atom. The topological polar surface area (TPSA) is 52.9 Å². The number of halogens is 1. The van der Waals surface area contributed by atoms with Gasteiger partial charge in [0.15, 0.2) is 5.78 Å². The number of nitrogens with zero attached hydrogens (tertiary/aromatic N) is 1. The molecular weight excluding hydrogens is 320 g/mol. The highest BCUT2D eigenvalue weighted by atomic mass is 35.5. The maximum absolute atomic E-state index is 12.6. The van der Waals surface area contributed by atoms with Gasteiger partial charge in [0.25, 0.3) is 0 Å². The van der Waals surface area contributed by atoms with Crippen molar-refractivity contribution in [2.75, 3.05) is 0 Å². The van der Waals surface area contributed by atoms with Gasteiger partial charge >= 0.3 is 0 Å². The molecule has 3 rings (SSSR count). The maximum atomic E-state index is 12.6. The molecule has 0 fully saturated rings. The summed E-state index contributed by atoms with van der Waals surface area (Å²) in [4.78, 5) is 12.6. The lowest BCUT2D eigenvalue weighted by molar-refractivity contribution is 0.104. The zero-order chi connectivity index (χ0) is 17.3. The minimum absolute atomic E-state index is 0.106. The molecule has 0 radical (unpaired) electrons. The summed E-state index contributed by atoms with van der Waals surface area (Å²) in [6, 6.07) is 14.5. The fourth-order valence-electron chi connectivity index (χ4n) is 2.94. The number of hydrogen-bond acceptors (Lipinski definition) is 3. The lowest BCUT2D eigenvalue weighted by atomic mass is 9.85. The van der Waals surface area contributed by atoms with Crippen molar-refractivity contribution < 1.29 is 4.79 Å². The Bertz CT molecular complexity index is 874. The molecule has 1 N–H and O–H groups in total. The molecule has 2 aromatic rings. The standard InChI is InChI=1S/C20H17ClN2O/c1-20(2)11-15-7-8-16(21)9-17(15)18(23-20)10-19(24)14-5-3-13(12-22)4-6-14/h3-10,23H,11H2,1-2H3. The molecule has 1 aliphatic rings. The third-order valence-electron chi connectivity index (χ3n) is 4.04. The van der Waals surface area contributed by atoms with Crippen LogP contribution in [0.5, 0.6) is 0 Å². The molecule has 0 aliphatic carbocycles. The monoisotopic (exact) mass is 336 g/mol. The first-order valence-corrected chi connectivity index (χ1v) is 8.09. The van der Waals surface area contributed by atoms with Gasteiger partial charge in [0.1, 0.15) is 0 Å². The fraction of sp³-hybridized carbons (Fsp3) is 0.200. The minimum Gasteiger partial charge on any atom is -0.379 e. The molecule has 1 heterocycles. The van der Waals surface area contributed by atoms with Crippen molar-refractivity contribution in [3.8, 4) is 6.07 Å². The number of ketones is 1. The average Bonchev–Trinajstić information content (AvgIpc) is 2.55.